The summed E-state index contributed by atoms with van der Waals surface area (Å²) in [6.45, 7) is 0.454. The van der Waals surface area contributed by atoms with Crippen molar-refractivity contribution in [3.63, 3.8) is 0 Å². The molecule has 0 radical (unpaired) electrons. The zero-order valence-corrected chi connectivity index (χ0v) is 16.5. The Labute approximate surface area is 165 Å². The number of rotatable bonds is 6. The number of guanidine groups is 1. The molecule has 1 fully saturated rings. The number of halogens is 3. The Hall–Kier alpha value is -2.10. The van der Waals surface area contributed by atoms with Gasteiger partial charge in [-0.05, 0) is 38.0 Å². The van der Waals surface area contributed by atoms with Crippen molar-refractivity contribution >= 4 is 28.0 Å². The topological polar surface area (TPSA) is 89.2 Å². The number of nitrogens with one attached hydrogen (secondary N) is 1. The number of ether oxygens (including phenoxy) is 2. The molecule has 1 amide bonds. The number of aliphatic imine (C=N–C) groups is 1. The maximum Gasteiger partial charge on any atom is 0.409 e. The van der Waals surface area contributed by atoms with Crippen LogP contribution in [0, 0.1) is 0 Å². The second-order valence-electron chi connectivity index (χ2n) is 5.94. The number of nitrogens with zero attached hydrogens (tertiary/aromatic N) is 2. The highest BCUT2D eigenvalue weighted by atomic mass is 79.9. The van der Waals surface area contributed by atoms with Crippen LogP contribution in [0.3, 0.4) is 0 Å². The van der Waals surface area contributed by atoms with Crippen LogP contribution in [0.25, 0.3) is 0 Å². The van der Waals surface area contributed by atoms with Crippen LogP contribution in [-0.2, 0) is 11.3 Å². The molecule has 1 aliphatic rings. The zero-order valence-electron chi connectivity index (χ0n) is 15.0. The first-order valence-corrected chi connectivity index (χ1v) is 9.39. The van der Waals surface area contributed by atoms with Gasteiger partial charge in [0.1, 0.15) is 5.75 Å². The van der Waals surface area contributed by atoms with Crippen LogP contribution in [0.1, 0.15) is 25.3 Å². The third-order valence-electron chi connectivity index (χ3n) is 4.03. The highest BCUT2D eigenvalue weighted by Crippen LogP contribution is 2.25. The molecule has 1 saturated heterocycles. The van der Waals surface area contributed by atoms with Crippen LogP contribution in [0.5, 0.6) is 5.75 Å². The smallest absolute Gasteiger partial charge is 0.409 e. The molecule has 0 unspecified atom stereocenters. The molecule has 27 heavy (non-hydrogen) atoms. The molecular weight excluding hydrogens is 426 g/mol. The van der Waals surface area contributed by atoms with Gasteiger partial charge < -0.3 is 25.4 Å². The van der Waals surface area contributed by atoms with E-state index in [4.69, 9.17) is 10.5 Å². The fourth-order valence-corrected chi connectivity index (χ4v) is 3.14. The van der Waals surface area contributed by atoms with E-state index in [0.717, 1.165) is 4.47 Å². The van der Waals surface area contributed by atoms with Crippen molar-refractivity contribution in [2.24, 2.45) is 10.7 Å². The molecule has 1 aromatic rings. The summed E-state index contributed by atoms with van der Waals surface area (Å²) in [5.41, 5.74) is 6.41. The number of nitrogens with two attached hydrogens (primary N) is 1. The van der Waals surface area contributed by atoms with Crippen molar-refractivity contribution in [2.45, 2.75) is 39.0 Å². The third-order valence-corrected chi connectivity index (χ3v) is 4.52. The van der Waals surface area contributed by atoms with E-state index in [1.807, 2.05) is 0 Å². The van der Waals surface area contributed by atoms with E-state index in [1.165, 1.54) is 6.07 Å². The number of likely N-dealkylation sites (tertiary alicyclic amines) is 1. The van der Waals surface area contributed by atoms with Gasteiger partial charge >= 0.3 is 12.7 Å². The molecule has 1 aromatic carbocycles. The summed E-state index contributed by atoms with van der Waals surface area (Å²) in [5.74, 6) is 0.278. The van der Waals surface area contributed by atoms with Crippen LogP contribution in [0.4, 0.5) is 13.6 Å². The summed E-state index contributed by atoms with van der Waals surface area (Å²) in [5, 5.41) is 3.10. The summed E-state index contributed by atoms with van der Waals surface area (Å²) in [6, 6.07) is 4.81. The number of hydrogen-bond donors (Lipinski definition) is 2. The van der Waals surface area contributed by atoms with Gasteiger partial charge in [-0.25, -0.2) is 9.79 Å². The number of piperidine rings is 1. The summed E-state index contributed by atoms with van der Waals surface area (Å²) in [7, 11) is 0. The van der Waals surface area contributed by atoms with E-state index in [2.05, 4.69) is 31.0 Å². The van der Waals surface area contributed by atoms with Gasteiger partial charge in [-0.2, -0.15) is 8.78 Å². The Kier molecular flexibility index (Phi) is 8.08. The van der Waals surface area contributed by atoms with Gasteiger partial charge in [0.25, 0.3) is 0 Å². The highest BCUT2D eigenvalue weighted by Gasteiger charge is 2.23. The molecule has 0 saturated carbocycles. The van der Waals surface area contributed by atoms with Gasteiger partial charge in [0.05, 0.1) is 13.2 Å². The lowest BCUT2D eigenvalue weighted by atomic mass is 10.1. The van der Waals surface area contributed by atoms with Gasteiger partial charge in [0.15, 0.2) is 5.96 Å². The fraction of sp³-hybridized carbons (Fsp3) is 0.529. The number of amides is 1. The second kappa shape index (κ2) is 10.3. The van der Waals surface area contributed by atoms with E-state index in [-0.39, 0.29) is 30.4 Å². The minimum absolute atomic E-state index is 0.0625. The molecule has 1 heterocycles. The first kappa shape index (κ1) is 21.2. The maximum atomic E-state index is 12.5. The van der Waals surface area contributed by atoms with Crippen molar-refractivity contribution in [1.29, 1.82) is 0 Å². The van der Waals surface area contributed by atoms with E-state index in [0.29, 0.717) is 38.1 Å². The maximum absolute atomic E-state index is 12.5. The highest BCUT2D eigenvalue weighted by molar-refractivity contribution is 9.10. The van der Waals surface area contributed by atoms with Gasteiger partial charge in [-0.3, -0.25) is 0 Å². The molecule has 2 rings (SSSR count). The van der Waals surface area contributed by atoms with Crippen LogP contribution in [-0.4, -0.2) is 49.3 Å². The first-order valence-electron chi connectivity index (χ1n) is 8.60. The predicted molar refractivity (Wildman–Crippen MR) is 101 cm³/mol. The average molecular weight is 449 g/mol. The lowest BCUT2D eigenvalue weighted by Crippen LogP contribution is -2.48. The Balaban J connectivity index is 1.88. The third kappa shape index (κ3) is 6.85. The van der Waals surface area contributed by atoms with Gasteiger partial charge in [-0.15, -0.1) is 0 Å². The van der Waals surface area contributed by atoms with Crippen molar-refractivity contribution < 1.29 is 23.0 Å². The molecule has 1 aliphatic heterocycles. The number of benzene rings is 1. The average Bonchev–Trinajstić information content (AvgIpc) is 2.62. The van der Waals surface area contributed by atoms with E-state index >= 15 is 0 Å². The summed E-state index contributed by atoms with van der Waals surface area (Å²) in [4.78, 5) is 17.6. The summed E-state index contributed by atoms with van der Waals surface area (Å²) >= 11 is 3.30. The zero-order chi connectivity index (χ0) is 19.8. The summed E-state index contributed by atoms with van der Waals surface area (Å²) in [6.07, 6.45) is 1.12. The van der Waals surface area contributed by atoms with Crippen LogP contribution in [0.2, 0.25) is 0 Å². The molecular formula is C17H23BrF2N4O3. The predicted octanol–water partition coefficient (Wildman–Crippen LogP) is 3.08. The molecule has 0 aromatic heterocycles. The molecule has 150 valence electrons. The van der Waals surface area contributed by atoms with E-state index in [9.17, 15) is 13.6 Å². The lowest BCUT2D eigenvalue weighted by molar-refractivity contribution is -0.0504. The molecule has 7 nitrogen and oxygen atoms in total. The van der Waals surface area contributed by atoms with Crippen LogP contribution in [0.15, 0.2) is 27.7 Å². The molecule has 3 N–H and O–H groups in total. The molecule has 10 heteroatoms. The van der Waals surface area contributed by atoms with Crippen molar-refractivity contribution in [3.8, 4) is 5.75 Å². The van der Waals surface area contributed by atoms with E-state index < -0.39 is 6.61 Å². The van der Waals surface area contributed by atoms with Crippen molar-refractivity contribution in [1.82, 2.24) is 10.2 Å². The minimum Gasteiger partial charge on any atom is -0.450 e. The minimum atomic E-state index is -2.91. The van der Waals surface area contributed by atoms with Crippen LogP contribution >= 0.6 is 15.9 Å². The molecule has 0 bridgehead atoms. The number of alkyl halides is 2. The largest absolute Gasteiger partial charge is 0.450 e. The lowest BCUT2D eigenvalue weighted by Gasteiger charge is -2.31. The number of carbonyl (C=O) groups is 1. The molecule has 0 spiro atoms. The standard InChI is InChI=1S/C17H23BrF2N4O3/c1-2-26-17(25)24-7-5-13(6-8-24)23-16(21)22-10-11-9-12(18)3-4-14(11)27-15(19)20/h3-4,9,13,15H,2,5-8,10H2,1H3,(H3,21,22,23). The van der Waals surface area contributed by atoms with Crippen LogP contribution < -0.4 is 15.8 Å². The van der Waals surface area contributed by atoms with E-state index in [1.54, 1.807) is 24.0 Å². The van der Waals surface area contributed by atoms with Gasteiger partial charge in [0.2, 0.25) is 0 Å². The Morgan fingerprint density at radius 3 is 2.78 bits per heavy atom. The van der Waals surface area contributed by atoms with Gasteiger partial charge in [0, 0.05) is 29.2 Å². The Morgan fingerprint density at radius 1 is 1.44 bits per heavy atom. The summed E-state index contributed by atoms with van der Waals surface area (Å²) < 4.78 is 35.2. The molecule has 0 atom stereocenters. The SMILES string of the molecule is CCOC(=O)N1CCC(NC(N)=NCc2cc(Br)ccc2OC(F)F)CC1. The second-order valence-corrected chi connectivity index (χ2v) is 6.85. The van der Waals surface area contributed by atoms with Crippen molar-refractivity contribution in [3.05, 3.63) is 28.2 Å². The molecule has 0 aliphatic carbocycles. The monoisotopic (exact) mass is 448 g/mol. The quantitative estimate of drug-likeness (QED) is 0.515. The first-order chi connectivity index (χ1) is 12.9. The number of carbonyl (C=O) groups excluding carboxylic acids is 1. The fourth-order valence-electron chi connectivity index (χ4n) is 2.73. The Bertz CT molecular complexity index is 668. The van der Waals surface area contributed by atoms with Gasteiger partial charge in [-0.1, -0.05) is 15.9 Å². The van der Waals surface area contributed by atoms with Crippen molar-refractivity contribution in [2.75, 3.05) is 19.7 Å². The normalized spacial score (nSPS) is 15.7. The Morgan fingerprint density at radius 2 is 2.15 bits per heavy atom. The number of hydrogen-bond acceptors (Lipinski definition) is 4.